The Labute approximate surface area is 158 Å². The molecule has 3 rings (SSSR count). The Bertz CT molecular complexity index is 789. The van der Waals surface area contributed by atoms with Crippen LogP contribution in [0.15, 0.2) is 42.5 Å². The number of carbonyl (C=O) groups excluding carboxylic acids is 1. The Hall–Kier alpha value is -2.60. The Morgan fingerprint density at radius 3 is 2.63 bits per heavy atom. The highest BCUT2D eigenvalue weighted by atomic mass is 19.1. The molecule has 1 aliphatic heterocycles. The van der Waals surface area contributed by atoms with Crippen molar-refractivity contribution in [1.29, 1.82) is 0 Å². The van der Waals surface area contributed by atoms with E-state index < -0.39 is 5.82 Å². The van der Waals surface area contributed by atoms with Gasteiger partial charge in [0.2, 0.25) is 0 Å². The van der Waals surface area contributed by atoms with Crippen LogP contribution in [0.4, 0.5) is 4.39 Å². The smallest absolute Gasteiger partial charge is 0.257 e. The average molecular weight is 372 g/mol. The first-order valence-corrected chi connectivity index (χ1v) is 9.18. The van der Waals surface area contributed by atoms with Gasteiger partial charge in [-0.1, -0.05) is 18.2 Å². The molecule has 2 N–H and O–H groups in total. The molecule has 144 valence electrons. The maximum Gasteiger partial charge on any atom is 0.257 e. The fourth-order valence-corrected chi connectivity index (χ4v) is 3.53. The summed E-state index contributed by atoms with van der Waals surface area (Å²) in [5.41, 5.74) is 6.89. The number of likely N-dealkylation sites (tertiary alicyclic amines) is 1. The minimum Gasteiger partial charge on any atom is -0.496 e. The second-order valence-corrected chi connectivity index (χ2v) is 6.59. The molecule has 1 saturated heterocycles. The highest BCUT2D eigenvalue weighted by Crippen LogP contribution is 2.34. The molecular formula is C21H25FN2O3. The highest BCUT2D eigenvalue weighted by Gasteiger charge is 2.27. The van der Waals surface area contributed by atoms with Gasteiger partial charge in [0.15, 0.2) is 0 Å². The van der Waals surface area contributed by atoms with Gasteiger partial charge in [-0.3, -0.25) is 4.79 Å². The minimum absolute atomic E-state index is 0.208. The Morgan fingerprint density at radius 1 is 1.19 bits per heavy atom. The summed E-state index contributed by atoms with van der Waals surface area (Å²) >= 11 is 0. The molecule has 0 bridgehead atoms. The number of rotatable bonds is 6. The van der Waals surface area contributed by atoms with Gasteiger partial charge in [0, 0.05) is 19.6 Å². The van der Waals surface area contributed by atoms with Gasteiger partial charge in [0.05, 0.1) is 12.7 Å². The van der Waals surface area contributed by atoms with Crippen molar-refractivity contribution < 1.29 is 18.7 Å². The summed E-state index contributed by atoms with van der Waals surface area (Å²) in [6.07, 6.45) is 1.67. The van der Waals surface area contributed by atoms with E-state index in [1.165, 1.54) is 23.8 Å². The Morgan fingerprint density at radius 2 is 1.93 bits per heavy atom. The lowest BCUT2D eigenvalue weighted by molar-refractivity contribution is 0.0707. The number of halogens is 1. The van der Waals surface area contributed by atoms with Crippen LogP contribution >= 0.6 is 0 Å². The van der Waals surface area contributed by atoms with Crippen LogP contribution in [0.5, 0.6) is 11.5 Å². The van der Waals surface area contributed by atoms with E-state index in [-0.39, 0.29) is 18.1 Å². The van der Waals surface area contributed by atoms with Crippen molar-refractivity contribution in [2.75, 3.05) is 33.4 Å². The van der Waals surface area contributed by atoms with E-state index in [0.717, 1.165) is 18.6 Å². The fraction of sp³-hybridized carbons (Fsp3) is 0.381. The van der Waals surface area contributed by atoms with E-state index in [2.05, 4.69) is 6.07 Å². The first kappa shape index (κ1) is 19.2. The van der Waals surface area contributed by atoms with E-state index in [4.69, 9.17) is 15.2 Å². The van der Waals surface area contributed by atoms with Crippen LogP contribution in [0, 0.1) is 5.82 Å². The molecule has 2 aromatic carbocycles. The zero-order chi connectivity index (χ0) is 19.2. The molecular weight excluding hydrogens is 347 g/mol. The van der Waals surface area contributed by atoms with Crippen molar-refractivity contribution in [3.05, 3.63) is 59.4 Å². The van der Waals surface area contributed by atoms with Gasteiger partial charge < -0.3 is 20.1 Å². The number of amides is 1. The van der Waals surface area contributed by atoms with Gasteiger partial charge in [0.25, 0.3) is 5.91 Å². The molecule has 1 fully saturated rings. The molecule has 0 aliphatic carbocycles. The van der Waals surface area contributed by atoms with Crippen LogP contribution in [-0.4, -0.2) is 44.2 Å². The zero-order valence-electron chi connectivity index (χ0n) is 15.5. The average Bonchev–Trinajstić information content (AvgIpc) is 2.72. The van der Waals surface area contributed by atoms with Gasteiger partial charge >= 0.3 is 0 Å². The number of para-hydroxylation sites is 1. The van der Waals surface area contributed by atoms with Gasteiger partial charge in [-0.2, -0.15) is 0 Å². The number of ether oxygens (including phenoxy) is 2. The summed E-state index contributed by atoms with van der Waals surface area (Å²) in [5, 5.41) is 0. The molecule has 0 radical (unpaired) electrons. The quantitative estimate of drug-likeness (QED) is 0.846. The second kappa shape index (κ2) is 8.86. The zero-order valence-corrected chi connectivity index (χ0v) is 15.5. The summed E-state index contributed by atoms with van der Waals surface area (Å²) < 4.78 is 24.7. The van der Waals surface area contributed by atoms with Gasteiger partial charge in [-0.15, -0.1) is 0 Å². The highest BCUT2D eigenvalue weighted by molar-refractivity contribution is 5.97. The van der Waals surface area contributed by atoms with Crippen molar-refractivity contribution in [1.82, 2.24) is 4.90 Å². The lowest BCUT2D eigenvalue weighted by Crippen LogP contribution is -2.38. The van der Waals surface area contributed by atoms with Crippen molar-refractivity contribution in [3.8, 4) is 11.5 Å². The Kier molecular flexibility index (Phi) is 6.29. The van der Waals surface area contributed by atoms with Crippen molar-refractivity contribution >= 4 is 5.91 Å². The van der Waals surface area contributed by atoms with E-state index in [1.54, 1.807) is 12.0 Å². The van der Waals surface area contributed by atoms with Crippen LogP contribution in [0.2, 0.25) is 0 Å². The molecule has 0 spiro atoms. The standard InChI is InChI=1S/C21H25FN2O3/c1-26-19-5-3-2-4-17(19)15-8-11-24(12-9-15)21(25)18-14-16(22)6-7-20(18)27-13-10-23/h2-7,14-15H,8-13,23H2,1H3. The molecule has 1 aliphatic rings. The van der Waals surface area contributed by atoms with E-state index in [9.17, 15) is 9.18 Å². The summed E-state index contributed by atoms with van der Waals surface area (Å²) in [5.74, 6) is 0.927. The SMILES string of the molecule is COc1ccccc1C1CCN(C(=O)c2cc(F)ccc2OCCN)CC1. The third-order valence-electron chi connectivity index (χ3n) is 4.91. The molecule has 0 saturated carbocycles. The number of carbonyl (C=O) groups is 1. The lowest BCUT2D eigenvalue weighted by atomic mass is 9.88. The number of hydrogen-bond donors (Lipinski definition) is 1. The van der Waals surface area contributed by atoms with Gasteiger partial charge in [-0.25, -0.2) is 4.39 Å². The largest absolute Gasteiger partial charge is 0.496 e. The first-order chi connectivity index (χ1) is 13.1. The summed E-state index contributed by atoms with van der Waals surface area (Å²) in [6, 6.07) is 12.0. The molecule has 0 unspecified atom stereocenters. The maximum atomic E-state index is 13.7. The first-order valence-electron chi connectivity index (χ1n) is 9.18. The van der Waals surface area contributed by atoms with Crippen LogP contribution in [0.25, 0.3) is 0 Å². The molecule has 1 amide bonds. The lowest BCUT2D eigenvalue weighted by Gasteiger charge is -2.33. The molecule has 1 heterocycles. The van der Waals surface area contributed by atoms with E-state index in [0.29, 0.717) is 31.3 Å². The number of nitrogens with two attached hydrogens (primary N) is 1. The molecule has 5 nitrogen and oxygen atoms in total. The molecule has 2 aromatic rings. The molecule has 27 heavy (non-hydrogen) atoms. The predicted molar refractivity (Wildman–Crippen MR) is 102 cm³/mol. The third-order valence-corrected chi connectivity index (χ3v) is 4.91. The van der Waals surface area contributed by atoms with Gasteiger partial charge in [-0.05, 0) is 48.6 Å². The molecule has 6 heteroatoms. The predicted octanol–water partition coefficient (Wildman–Crippen LogP) is 3.19. The summed E-state index contributed by atoms with van der Waals surface area (Å²) in [7, 11) is 1.67. The van der Waals surface area contributed by atoms with Crippen LogP contribution < -0.4 is 15.2 Å². The Balaban J connectivity index is 1.71. The number of benzene rings is 2. The van der Waals surface area contributed by atoms with Gasteiger partial charge in [0.1, 0.15) is 23.9 Å². The van der Waals surface area contributed by atoms with Crippen LogP contribution in [-0.2, 0) is 0 Å². The second-order valence-electron chi connectivity index (χ2n) is 6.59. The van der Waals surface area contributed by atoms with Crippen LogP contribution in [0.3, 0.4) is 0 Å². The molecule has 0 aromatic heterocycles. The number of nitrogens with zero attached hydrogens (tertiary/aromatic N) is 1. The monoisotopic (exact) mass is 372 g/mol. The normalized spacial score (nSPS) is 14.9. The number of methoxy groups -OCH3 is 1. The number of piperidine rings is 1. The van der Waals surface area contributed by atoms with Crippen molar-refractivity contribution in [2.24, 2.45) is 5.73 Å². The van der Waals surface area contributed by atoms with Crippen molar-refractivity contribution in [2.45, 2.75) is 18.8 Å². The van der Waals surface area contributed by atoms with E-state index >= 15 is 0 Å². The van der Waals surface area contributed by atoms with E-state index in [1.807, 2.05) is 18.2 Å². The summed E-state index contributed by atoms with van der Waals surface area (Å²) in [6.45, 7) is 1.82. The van der Waals surface area contributed by atoms with Crippen molar-refractivity contribution in [3.63, 3.8) is 0 Å². The fourth-order valence-electron chi connectivity index (χ4n) is 3.53. The summed E-state index contributed by atoms with van der Waals surface area (Å²) in [4.78, 5) is 14.7. The minimum atomic E-state index is -0.456. The molecule has 0 atom stereocenters. The van der Waals surface area contributed by atoms with Crippen LogP contribution in [0.1, 0.15) is 34.7 Å². The maximum absolute atomic E-state index is 13.7. The third kappa shape index (κ3) is 4.39. The topological polar surface area (TPSA) is 64.8 Å². The number of hydrogen-bond acceptors (Lipinski definition) is 4.